The summed E-state index contributed by atoms with van der Waals surface area (Å²) in [7, 11) is -2.06. The van der Waals surface area contributed by atoms with Gasteiger partial charge in [0.1, 0.15) is 11.0 Å². The topological polar surface area (TPSA) is 96.4 Å². The molecule has 0 saturated heterocycles. The van der Waals surface area contributed by atoms with Crippen LogP contribution in [0, 0.1) is 0 Å². The van der Waals surface area contributed by atoms with Crippen LogP contribution in [0.25, 0.3) is 0 Å². The van der Waals surface area contributed by atoms with E-state index in [2.05, 4.69) is 17.0 Å². The number of sulfonamides is 1. The number of aliphatic hydroxyl groups is 1. The highest BCUT2D eigenvalue weighted by Crippen LogP contribution is 2.55. The fourth-order valence-electron chi connectivity index (χ4n) is 6.58. The van der Waals surface area contributed by atoms with E-state index in [1.54, 1.807) is 25.3 Å². The maximum absolute atomic E-state index is 12.7. The number of aliphatic hydroxyl groups excluding tert-OH is 1. The Morgan fingerprint density at radius 2 is 1.89 bits per heavy atom. The fourth-order valence-corrected chi connectivity index (χ4v) is 8.19. The SMILES string of the molecule is COc1ccc2c3c1O[C@@H]1C[C@@H](O)C=C[C@]31CCN(CCCCCCN1C(=O)c3ccccc3S1(=O)=O)C2. The summed E-state index contributed by atoms with van der Waals surface area (Å²) >= 11 is 0. The summed E-state index contributed by atoms with van der Waals surface area (Å²) in [6.45, 7) is 2.93. The molecule has 3 aliphatic heterocycles. The van der Waals surface area contributed by atoms with Crippen molar-refractivity contribution in [2.24, 2.45) is 0 Å². The summed E-state index contributed by atoms with van der Waals surface area (Å²) < 4.78 is 38.5. The zero-order valence-electron chi connectivity index (χ0n) is 21.6. The van der Waals surface area contributed by atoms with Gasteiger partial charge in [0.2, 0.25) is 0 Å². The summed E-state index contributed by atoms with van der Waals surface area (Å²) in [4.78, 5) is 15.2. The quantitative estimate of drug-likeness (QED) is 0.405. The molecule has 4 aliphatic rings. The third-order valence-electron chi connectivity index (χ3n) is 8.53. The fraction of sp³-hybridized carbons (Fsp3) is 0.483. The molecule has 8 nitrogen and oxygen atoms in total. The Morgan fingerprint density at radius 1 is 1.11 bits per heavy atom. The number of nitrogens with zero attached hydrogens (tertiary/aromatic N) is 2. The molecule has 0 unspecified atom stereocenters. The number of carbonyl (C=O) groups is 1. The number of ether oxygens (including phenoxy) is 2. The maximum Gasteiger partial charge on any atom is 0.269 e. The van der Waals surface area contributed by atoms with Gasteiger partial charge in [-0.1, -0.05) is 43.2 Å². The van der Waals surface area contributed by atoms with Gasteiger partial charge in [-0.3, -0.25) is 9.69 Å². The molecule has 1 N–H and O–H groups in total. The lowest BCUT2D eigenvalue weighted by Crippen LogP contribution is -2.43. The number of hydrogen-bond donors (Lipinski definition) is 1. The Bertz CT molecular complexity index is 1390. The van der Waals surface area contributed by atoms with Crippen molar-refractivity contribution in [3.05, 3.63) is 65.2 Å². The van der Waals surface area contributed by atoms with Gasteiger partial charge in [0.15, 0.2) is 11.5 Å². The smallest absolute Gasteiger partial charge is 0.269 e. The van der Waals surface area contributed by atoms with E-state index in [1.807, 2.05) is 12.1 Å². The number of amides is 1. The van der Waals surface area contributed by atoms with Crippen LogP contribution in [0.1, 0.15) is 60.0 Å². The summed E-state index contributed by atoms with van der Waals surface area (Å²) in [6.07, 6.45) is 8.47. The lowest BCUT2D eigenvalue weighted by atomic mass is 9.69. The normalized spacial score (nSPS) is 26.9. The molecule has 6 rings (SSSR count). The number of rotatable bonds is 8. The van der Waals surface area contributed by atoms with Gasteiger partial charge in [0, 0.05) is 25.1 Å². The molecule has 3 heterocycles. The monoisotopic (exact) mass is 538 g/mol. The number of carbonyl (C=O) groups excluding carboxylic acids is 1. The van der Waals surface area contributed by atoms with Crippen molar-refractivity contribution in [3.63, 3.8) is 0 Å². The van der Waals surface area contributed by atoms with E-state index < -0.39 is 22.0 Å². The zero-order chi connectivity index (χ0) is 26.5. The Morgan fingerprint density at radius 3 is 2.68 bits per heavy atom. The van der Waals surface area contributed by atoms with Gasteiger partial charge in [0.05, 0.1) is 24.2 Å². The average Bonchev–Trinajstić information content (AvgIpc) is 3.26. The highest BCUT2D eigenvalue weighted by molar-refractivity contribution is 7.90. The summed E-state index contributed by atoms with van der Waals surface area (Å²) in [5.74, 6) is 1.15. The molecular weight excluding hydrogens is 504 g/mol. The second-order valence-electron chi connectivity index (χ2n) is 10.8. The number of unbranched alkanes of at least 4 members (excludes halogenated alkanes) is 3. The maximum atomic E-state index is 12.7. The average molecular weight is 539 g/mol. The van der Waals surface area contributed by atoms with Gasteiger partial charge >= 0.3 is 0 Å². The standard InChI is InChI=1S/C29H34N2O6S/c1-36-23-11-10-20-19-30(17-14-29-13-12-21(32)18-25(29)37-27(23)26(20)29)15-6-2-3-7-16-31-28(33)22-8-4-5-9-24(22)38(31,34)35/h4-5,8-13,21,25,32H,2-3,6-7,14-19H2,1H3/t21-,25+,29+/m0/s1. The predicted molar refractivity (Wildman–Crippen MR) is 142 cm³/mol. The third-order valence-corrected chi connectivity index (χ3v) is 10.4. The minimum absolute atomic E-state index is 0.0942. The molecular formula is C29H34N2O6S. The molecule has 1 spiro atoms. The van der Waals surface area contributed by atoms with Gasteiger partial charge in [-0.15, -0.1) is 0 Å². The summed E-state index contributed by atoms with van der Waals surface area (Å²) in [5, 5.41) is 10.3. The molecule has 1 aliphatic carbocycles. The van der Waals surface area contributed by atoms with E-state index in [0.717, 1.165) is 61.1 Å². The van der Waals surface area contributed by atoms with Crippen molar-refractivity contribution < 1.29 is 27.8 Å². The number of methoxy groups -OCH3 is 1. The summed E-state index contributed by atoms with van der Waals surface area (Å²) in [6, 6.07) is 10.6. The molecule has 0 aromatic heterocycles. The number of benzene rings is 2. The van der Waals surface area contributed by atoms with Crippen LogP contribution in [0.4, 0.5) is 0 Å². The highest BCUT2D eigenvalue weighted by atomic mass is 32.2. The Kier molecular flexibility index (Phi) is 6.48. The van der Waals surface area contributed by atoms with Gasteiger partial charge < -0.3 is 14.6 Å². The van der Waals surface area contributed by atoms with Crippen molar-refractivity contribution in [1.82, 2.24) is 9.21 Å². The first-order valence-electron chi connectivity index (χ1n) is 13.5. The first-order chi connectivity index (χ1) is 18.3. The van der Waals surface area contributed by atoms with E-state index >= 15 is 0 Å². The van der Waals surface area contributed by atoms with Gasteiger partial charge in [0.25, 0.3) is 15.9 Å². The van der Waals surface area contributed by atoms with Gasteiger partial charge in [-0.05, 0) is 56.1 Å². The minimum Gasteiger partial charge on any atom is -0.493 e. The van der Waals surface area contributed by atoms with Crippen LogP contribution in [0.15, 0.2) is 53.4 Å². The number of fused-ring (bicyclic) bond motifs is 1. The predicted octanol–water partition coefficient (Wildman–Crippen LogP) is 3.63. The zero-order valence-corrected chi connectivity index (χ0v) is 22.5. The van der Waals surface area contributed by atoms with Crippen LogP contribution < -0.4 is 9.47 Å². The van der Waals surface area contributed by atoms with E-state index in [4.69, 9.17) is 9.47 Å². The first-order valence-corrected chi connectivity index (χ1v) is 14.9. The van der Waals surface area contributed by atoms with Gasteiger partial charge in [-0.25, -0.2) is 12.7 Å². The van der Waals surface area contributed by atoms with Crippen molar-refractivity contribution in [3.8, 4) is 11.5 Å². The van der Waals surface area contributed by atoms with Crippen LogP contribution >= 0.6 is 0 Å². The van der Waals surface area contributed by atoms with E-state index in [-0.39, 0.29) is 28.5 Å². The largest absolute Gasteiger partial charge is 0.493 e. The molecule has 2 aromatic carbocycles. The van der Waals surface area contributed by atoms with Crippen LogP contribution in [0.2, 0.25) is 0 Å². The number of hydrogen-bond acceptors (Lipinski definition) is 7. The second-order valence-corrected chi connectivity index (χ2v) is 12.6. The van der Waals surface area contributed by atoms with E-state index in [0.29, 0.717) is 12.8 Å². The van der Waals surface area contributed by atoms with Crippen molar-refractivity contribution in [2.75, 3.05) is 26.7 Å². The van der Waals surface area contributed by atoms with Crippen LogP contribution in [0.3, 0.4) is 0 Å². The molecule has 3 atom stereocenters. The van der Waals surface area contributed by atoms with Crippen molar-refractivity contribution >= 4 is 15.9 Å². The second kappa shape index (κ2) is 9.70. The molecule has 9 heteroatoms. The lowest BCUT2D eigenvalue weighted by molar-refractivity contribution is 0.0809. The lowest BCUT2D eigenvalue weighted by Gasteiger charge is -2.35. The Labute approximate surface area is 223 Å². The molecule has 0 radical (unpaired) electrons. The first kappa shape index (κ1) is 25.4. The molecule has 0 fully saturated rings. The molecule has 0 bridgehead atoms. The van der Waals surface area contributed by atoms with Crippen LogP contribution in [-0.2, 0) is 22.0 Å². The van der Waals surface area contributed by atoms with E-state index in [9.17, 15) is 18.3 Å². The molecule has 202 valence electrons. The summed E-state index contributed by atoms with van der Waals surface area (Å²) in [5.41, 5.74) is 2.50. The molecule has 2 aromatic rings. The van der Waals surface area contributed by atoms with Crippen LogP contribution in [-0.4, -0.2) is 67.6 Å². The third kappa shape index (κ3) is 4.03. The Balaban J connectivity index is 1.06. The molecule has 1 amide bonds. The van der Waals surface area contributed by atoms with Crippen molar-refractivity contribution in [1.29, 1.82) is 0 Å². The van der Waals surface area contributed by atoms with Gasteiger partial charge in [-0.2, -0.15) is 0 Å². The minimum atomic E-state index is -3.72. The molecule has 0 saturated carbocycles. The Hall–Kier alpha value is -2.88. The van der Waals surface area contributed by atoms with E-state index in [1.165, 1.54) is 17.2 Å². The molecule has 38 heavy (non-hydrogen) atoms. The van der Waals surface area contributed by atoms with Crippen LogP contribution in [0.5, 0.6) is 11.5 Å². The highest BCUT2D eigenvalue weighted by Gasteiger charge is 2.52. The van der Waals surface area contributed by atoms with Crippen molar-refractivity contribution in [2.45, 2.75) is 67.6 Å².